The van der Waals surface area contributed by atoms with E-state index in [1.807, 2.05) is 0 Å². The monoisotopic (exact) mass is 210 g/mol. The molecule has 1 aromatic rings. The number of rotatable bonds is 1. The molecule has 0 aromatic carbocycles. The average molecular weight is 210 g/mol. The highest BCUT2D eigenvalue weighted by Gasteiger charge is 2.40. The second-order valence-corrected chi connectivity index (χ2v) is 5.89. The van der Waals surface area contributed by atoms with Crippen LogP contribution in [0.3, 0.4) is 0 Å². The van der Waals surface area contributed by atoms with E-state index in [-0.39, 0.29) is 5.41 Å². The molecule has 1 aromatic heterocycles. The molecule has 2 nitrogen and oxygen atoms in total. The fraction of sp³-hybridized carbons (Fsp3) is 0.636. The van der Waals surface area contributed by atoms with Crippen LogP contribution in [0, 0.1) is 5.92 Å². The summed E-state index contributed by atoms with van der Waals surface area (Å²) in [6, 6.07) is 0. The normalized spacial score (nSPS) is 25.7. The van der Waals surface area contributed by atoms with E-state index in [4.69, 9.17) is 11.5 Å². The zero-order chi connectivity index (χ0) is 10.5. The molecule has 0 fully saturated rings. The summed E-state index contributed by atoms with van der Waals surface area (Å²) < 4.78 is 0. The van der Waals surface area contributed by atoms with E-state index in [0.717, 1.165) is 17.1 Å². The van der Waals surface area contributed by atoms with Gasteiger partial charge < -0.3 is 11.5 Å². The quantitative estimate of drug-likeness (QED) is 0.749. The third-order valence-corrected chi connectivity index (χ3v) is 4.86. The van der Waals surface area contributed by atoms with Crippen LogP contribution < -0.4 is 11.5 Å². The molecule has 4 N–H and O–H groups in total. The van der Waals surface area contributed by atoms with Crippen molar-refractivity contribution < 1.29 is 0 Å². The van der Waals surface area contributed by atoms with E-state index in [0.29, 0.717) is 5.92 Å². The molecule has 3 heteroatoms. The Morgan fingerprint density at radius 2 is 2.00 bits per heavy atom. The topological polar surface area (TPSA) is 52.0 Å². The van der Waals surface area contributed by atoms with Crippen LogP contribution in [0.15, 0.2) is 0 Å². The first kappa shape index (κ1) is 9.84. The van der Waals surface area contributed by atoms with E-state index in [1.165, 1.54) is 16.9 Å². The molecule has 0 spiro atoms. The van der Waals surface area contributed by atoms with Gasteiger partial charge >= 0.3 is 0 Å². The highest BCUT2D eigenvalue weighted by molar-refractivity contribution is 7.16. The molecule has 2 rings (SSSR count). The lowest BCUT2D eigenvalue weighted by Gasteiger charge is -2.30. The summed E-state index contributed by atoms with van der Waals surface area (Å²) in [5, 5.41) is 0.807. The fourth-order valence-electron chi connectivity index (χ4n) is 2.39. The molecule has 0 aliphatic heterocycles. The standard InChI is InChI=1S/C11H18N2S/c1-6(2)11(3)5-4-7-8(11)9(12)10(13)14-7/h6H,4-5,12-13H2,1-3H3. The van der Waals surface area contributed by atoms with E-state index >= 15 is 0 Å². The minimum absolute atomic E-state index is 0.244. The van der Waals surface area contributed by atoms with Crippen molar-refractivity contribution in [1.29, 1.82) is 0 Å². The van der Waals surface area contributed by atoms with Gasteiger partial charge in [0.15, 0.2) is 0 Å². The van der Waals surface area contributed by atoms with Crippen molar-refractivity contribution in [2.24, 2.45) is 5.92 Å². The number of thiophene rings is 1. The highest BCUT2D eigenvalue weighted by atomic mass is 32.1. The van der Waals surface area contributed by atoms with Crippen molar-refractivity contribution in [2.45, 2.75) is 39.0 Å². The summed E-state index contributed by atoms with van der Waals surface area (Å²) in [4.78, 5) is 1.41. The van der Waals surface area contributed by atoms with Crippen LogP contribution in [0.5, 0.6) is 0 Å². The van der Waals surface area contributed by atoms with Gasteiger partial charge in [0.1, 0.15) is 5.00 Å². The van der Waals surface area contributed by atoms with Gasteiger partial charge in [0.25, 0.3) is 0 Å². The van der Waals surface area contributed by atoms with Crippen molar-refractivity contribution in [1.82, 2.24) is 0 Å². The van der Waals surface area contributed by atoms with Crippen LogP contribution in [-0.2, 0) is 11.8 Å². The zero-order valence-corrected chi connectivity index (χ0v) is 9.87. The van der Waals surface area contributed by atoms with Gasteiger partial charge in [-0.2, -0.15) is 0 Å². The summed E-state index contributed by atoms with van der Waals surface area (Å²) in [5.74, 6) is 0.625. The Labute approximate surface area is 89.3 Å². The second kappa shape index (κ2) is 2.89. The molecule has 0 saturated heterocycles. The molecule has 0 amide bonds. The van der Waals surface area contributed by atoms with Gasteiger partial charge in [-0.05, 0) is 29.7 Å². The Hall–Kier alpha value is -0.700. The van der Waals surface area contributed by atoms with Crippen molar-refractivity contribution in [3.8, 4) is 0 Å². The summed E-state index contributed by atoms with van der Waals surface area (Å²) in [6.45, 7) is 6.84. The minimum Gasteiger partial charge on any atom is -0.396 e. The summed E-state index contributed by atoms with van der Waals surface area (Å²) in [5.41, 5.74) is 14.4. The summed E-state index contributed by atoms with van der Waals surface area (Å²) >= 11 is 1.68. The van der Waals surface area contributed by atoms with Crippen LogP contribution in [0.4, 0.5) is 10.7 Å². The van der Waals surface area contributed by atoms with E-state index in [2.05, 4.69) is 20.8 Å². The molecular formula is C11H18N2S. The highest BCUT2D eigenvalue weighted by Crippen LogP contribution is 2.52. The third-order valence-electron chi connectivity index (χ3n) is 3.76. The van der Waals surface area contributed by atoms with Crippen LogP contribution in [0.25, 0.3) is 0 Å². The number of anilines is 2. The molecule has 1 heterocycles. The smallest absolute Gasteiger partial charge is 0.110 e. The van der Waals surface area contributed by atoms with Crippen LogP contribution >= 0.6 is 11.3 Å². The van der Waals surface area contributed by atoms with Crippen molar-refractivity contribution in [2.75, 3.05) is 11.5 Å². The van der Waals surface area contributed by atoms with Crippen molar-refractivity contribution in [3.63, 3.8) is 0 Å². The number of nitrogen functional groups attached to an aromatic ring is 2. The van der Waals surface area contributed by atoms with Crippen LogP contribution in [0.2, 0.25) is 0 Å². The molecular weight excluding hydrogens is 192 g/mol. The maximum Gasteiger partial charge on any atom is 0.110 e. The largest absolute Gasteiger partial charge is 0.396 e. The second-order valence-electron chi connectivity index (χ2n) is 4.75. The Morgan fingerprint density at radius 1 is 1.36 bits per heavy atom. The summed E-state index contributed by atoms with van der Waals surface area (Å²) in [6.07, 6.45) is 2.37. The van der Waals surface area contributed by atoms with E-state index in [9.17, 15) is 0 Å². The van der Waals surface area contributed by atoms with Crippen LogP contribution in [-0.4, -0.2) is 0 Å². The molecule has 14 heavy (non-hydrogen) atoms. The van der Waals surface area contributed by atoms with Gasteiger partial charge in [0.05, 0.1) is 5.69 Å². The van der Waals surface area contributed by atoms with E-state index in [1.54, 1.807) is 11.3 Å². The van der Waals surface area contributed by atoms with Crippen molar-refractivity contribution in [3.05, 3.63) is 10.4 Å². The minimum atomic E-state index is 0.244. The first-order valence-corrected chi connectivity index (χ1v) is 5.95. The molecule has 0 radical (unpaired) electrons. The maximum atomic E-state index is 6.05. The average Bonchev–Trinajstić information content (AvgIpc) is 2.56. The van der Waals surface area contributed by atoms with Gasteiger partial charge in [-0.3, -0.25) is 0 Å². The molecule has 1 aliphatic rings. The first-order chi connectivity index (χ1) is 6.47. The van der Waals surface area contributed by atoms with Gasteiger partial charge in [-0.25, -0.2) is 0 Å². The predicted octanol–water partition coefficient (Wildman–Crippen LogP) is 2.77. The third kappa shape index (κ3) is 1.08. The van der Waals surface area contributed by atoms with Crippen molar-refractivity contribution >= 4 is 22.0 Å². The first-order valence-electron chi connectivity index (χ1n) is 5.14. The number of hydrogen-bond acceptors (Lipinski definition) is 3. The Bertz CT molecular complexity index is 368. The number of nitrogens with two attached hydrogens (primary N) is 2. The Morgan fingerprint density at radius 3 is 2.57 bits per heavy atom. The molecule has 1 atom stereocenters. The lowest BCUT2D eigenvalue weighted by atomic mass is 9.74. The SMILES string of the molecule is CC(C)C1(C)CCc2sc(N)c(N)c21. The Balaban J connectivity index is 2.57. The molecule has 1 aliphatic carbocycles. The van der Waals surface area contributed by atoms with Gasteiger partial charge in [0.2, 0.25) is 0 Å². The van der Waals surface area contributed by atoms with Gasteiger partial charge in [-0.15, -0.1) is 11.3 Å². The molecule has 78 valence electrons. The van der Waals surface area contributed by atoms with Gasteiger partial charge in [0, 0.05) is 4.88 Å². The lowest BCUT2D eigenvalue weighted by molar-refractivity contribution is 0.338. The van der Waals surface area contributed by atoms with Gasteiger partial charge in [-0.1, -0.05) is 20.8 Å². The molecule has 0 bridgehead atoms. The number of aryl methyl sites for hydroxylation is 1. The number of hydrogen-bond donors (Lipinski definition) is 2. The maximum absolute atomic E-state index is 6.05. The molecule has 1 unspecified atom stereocenters. The predicted molar refractivity (Wildman–Crippen MR) is 63.7 cm³/mol. The van der Waals surface area contributed by atoms with E-state index < -0.39 is 0 Å². The lowest BCUT2D eigenvalue weighted by Crippen LogP contribution is -2.26. The fourth-order valence-corrected chi connectivity index (χ4v) is 3.52. The Kier molecular flexibility index (Phi) is 2.03. The van der Waals surface area contributed by atoms with Crippen LogP contribution in [0.1, 0.15) is 37.6 Å². The number of fused-ring (bicyclic) bond motifs is 1. The molecule has 0 saturated carbocycles. The summed E-state index contributed by atoms with van der Waals surface area (Å²) in [7, 11) is 0. The zero-order valence-electron chi connectivity index (χ0n) is 9.05.